The van der Waals surface area contributed by atoms with E-state index in [0.29, 0.717) is 32.6 Å². The molecule has 0 unspecified atom stereocenters. The van der Waals surface area contributed by atoms with E-state index in [-0.39, 0.29) is 10.9 Å². The van der Waals surface area contributed by atoms with E-state index >= 15 is 0 Å². The summed E-state index contributed by atoms with van der Waals surface area (Å²) in [6, 6.07) is 18.2. The molecule has 0 fully saturated rings. The topological polar surface area (TPSA) is 85.7 Å². The van der Waals surface area contributed by atoms with Crippen LogP contribution in [0.4, 0.5) is 0 Å². The Hall–Kier alpha value is -4.58. The van der Waals surface area contributed by atoms with E-state index in [1.165, 1.54) is 0 Å². The summed E-state index contributed by atoms with van der Waals surface area (Å²) >= 11 is 0. The van der Waals surface area contributed by atoms with Gasteiger partial charge in [0.2, 0.25) is 0 Å². The number of hydrogen-bond acceptors (Lipinski definition) is 6. The second kappa shape index (κ2) is 8.28. The monoisotopic (exact) mass is 416 g/mol. The van der Waals surface area contributed by atoms with Crippen molar-refractivity contribution in [1.29, 1.82) is 0 Å². The molecule has 0 aliphatic heterocycles. The van der Waals surface area contributed by atoms with Crippen LogP contribution in [0.3, 0.4) is 0 Å². The van der Waals surface area contributed by atoms with Crippen LogP contribution in [0.5, 0.6) is 0 Å². The van der Waals surface area contributed by atoms with Crippen molar-refractivity contribution in [2.24, 2.45) is 0 Å². The minimum atomic E-state index is -0.0174. The van der Waals surface area contributed by atoms with Gasteiger partial charge in [0.1, 0.15) is 0 Å². The van der Waals surface area contributed by atoms with E-state index < -0.39 is 0 Å². The third-order valence-electron chi connectivity index (χ3n) is 5.20. The van der Waals surface area contributed by atoms with Crippen LogP contribution in [0.2, 0.25) is 0 Å². The van der Waals surface area contributed by atoms with Gasteiger partial charge in [-0.15, -0.1) is 0 Å². The zero-order valence-electron chi connectivity index (χ0n) is 16.8. The van der Waals surface area contributed by atoms with E-state index in [1.807, 2.05) is 30.3 Å². The second-order valence-electron chi connectivity index (χ2n) is 7.12. The van der Waals surface area contributed by atoms with E-state index in [0.717, 1.165) is 10.8 Å². The van der Waals surface area contributed by atoms with Crippen LogP contribution in [0.15, 0.2) is 107 Å². The number of aromatic nitrogens is 4. The molecular formula is C26H16N4O2. The zero-order valence-corrected chi connectivity index (χ0v) is 16.8. The third kappa shape index (κ3) is 3.54. The molecule has 0 radical (unpaired) electrons. The maximum atomic E-state index is 12.2. The van der Waals surface area contributed by atoms with Gasteiger partial charge in [0.15, 0.2) is 10.9 Å². The first-order chi connectivity index (χ1) is 15.7. The molecule has 0 spiro atoms. The first kappa shape index (κ1) is 19.4. The Morgan fingerprint density at radius 2 is 1.06 bits per heavy atom. The van der Waals surface area contributed by atoms with Crippen LogP contribution in [0, 0.1) is 0 Å². The van der Waals surface area contributed by atoms with Crippen LogP contribution < -0.4 is 10.9 Å². The van der Waals surface area contributed by atoms with Gasteiger partial charge < -0.3 is 0 Å². The van der Waals surface area contributed by atoms with Crippen LogP contribution in [-0.4, -0.2) is 19.9 Å². The van der Waals surface area contributed by atoms with Crippen LogP contribution >= 0.6 is 0 Å². The molecule has 0 N–H and O–H groups in total. The molecule has 6 rings (SSSR count). The average molecular weight is 416 g/mol. The highest BCUT2D eigenvalue weighted by molar-refractivity contribution is 5.91. The van der Waals surface area contributed by atoms with Gasteiger partial charge in [-0.25, -0.2) is 0 Å². The summed E-state index contributed by atoms with van der Waals surface area (Å²) in [6.07, 6.45) is 9.97. The maximum absolute atomic E-state index is 12.2. The van der Waals surface area contributed by atoms with Crippen molar-refractivity contribution < 1.29 is 0 Å². The smallest absolute Gasteiger partial charge is 0.197 e. The fourth-order valence-corrected chi connectivity index (χ4v) is 3.60. The highest BCUT2D eigenvalue weighted by Gasteiger charge is 2.02. The van der Waals surface area contributed by atoms with E-state index in [2.05, 4.69) is 19.9 Å². The Kier molecular flexibility index (Phi) is 5.01. The fourth-order valence-electron chi connectivity index (χ4n) is 3.60. The Labute approximate surface area is 181 Å². The number of hydrogen-bond donors (Lipinski definition) is 0. The first-order valence-electron chi connectivity index (χ1n) is 9.96. The molecule has 152 valence electrons. The van der Waals surface area contributed by atoms with Gasteiger partial charge in [-0.2, -0.15) is 0 Å². The average Bonchev–Trinajstić information content (AvgIpc) is 3.09. The fraction of sp³-hybridized carbons (Fsp3) is 0. The van der Waals surface area contributed by atoms with Crippen molar-refractivity contribution in [3.05, 3.63) is 118 Å². The van der Waals surface area contributed by atoms with Crippen molar-refractivity contribution >= 4 is 43.4 Å². The molecule has 32 heavy (non-hydrogen) atoms. The summed E-state index contributed by atoms with van der Waals surface area (Å²) in [7, 11) is 0. The molecule has 6 nitrogen and oxygen atoms in total. The molecule has 2 aromatic carbocycles. The lowest BCUT2D eigenvalue weighted by Crippen LogP contribution is -1.98. The molecule has 0 saturated carbocycles. The molecule has 0 saturated heterocycles. The molecule has 0 bridgehead atoms. The lowest BCUT2D eigenvalue weighted by molar-refractivity contribution is 1.36. The summed E-state index contributed by atoms with van der Waals surface area (Å²) in [5.74, 6) is 0. The van der Waals surface area contributed by atoms with E-state index in [9.17, 15) is 9.59 Å². The molecule has 0 aliphatic carbocycles. The number of fused-ring (bicyclic) bond motifs is 4. The highest BCUT2D eigenvalue weighted by Crippen LogP contribution is 2.13. The van der Waals surface area contributed by atoms with Crippen molar-refractivity contribution in [2.75, 3.05) is 0 Å². The summed E-state index contributed by atoms with van der Waals surface area (Å²) in [5.41, 5.74) is 1.41. The predicted molar refractivity (Wildman–Crippen MR) is 127 cm³/mol. The molecule has 0 amide bonds. The molecule has 6 aromatic rings. The maximum Gasteiger partial charge on any atom is 0.197 e. The molecule has 0 aliphatic rings. The lowest BCUT2D eigenvalue weighted by atomic mass is 10.2. The Balaban J connectivity index is 0.000000135. The summed E-state index contributed by atoms with van der Waals surface area (Å²) < 4.78 is 0. The van der Waals surface area contributed by atoms with Gasteiger partial charge in [0.25, 0.3) is 0 Å². The van der Waals surface area contributed by atoms with Gasteiger partial charge in [-0.3, -0.25) is 29.5 Å². The van der Waals surface area contributed by atoms with Gasteiger partial charge in [0, 0.05) is 64.1 Å². The van der Waals surface area contributed by atoms with Gasteiger partial charge in [0.05, 0.1) is 11.0 Å². The van der Waals surface area contributed by atoms with Crippen LogP contribution in [0.1, 0.15) is 0 Å². The zero-order chi connectivity index (χ0) is 21.9. The molecule has 0 atom stereocenters. The Morgan fingerprint density at radius 1 is 0.469 bits per heavy atom. The number of pyridine rings is 4. The quantitative estimate of drug-likeness (QED) is 0.367. The Morgan fingerprint density at radius 3 is 1.78 bits per heavy atom. The standard InChI is InChI=1S/2C13H8N2O/c16-13-10-5-7-14-8-9(10)3-4-12-11(13)2-1-6-15-12;16-13-10-2-1-6-15-12(10)4-3-9-5-7-14-8-11(9)13/h2*1-8H. The van der Waals surface area contributed by atoms with Gasteiger partial charge in [-0.1, -0.05) is 12.1 Å². The minimum Gasteiger partial charge on any atom is -0.289 e. The number of nitrogens with zero attached hydrogens (tertiary/aromatic N) is 4. The van der Waals surface area contributed by atoms with E-state index in [1.54, 1.807) is 67.5 Å². The van der Waals surface area contributed by atoms with Crippen LogP contribution in [-0.2, 0) is 0 Å². The summed E-state index contributed by atoms with van der Waals surface area (Å²) in [4.78, 5) is 40.8. The molecular weight excluding hydrogens is 400 g/mol. The lowest BCUT2D eigenvalue weighted by Gasteiger charge is -1.89. The molecule has 4 aromatic heterocycles. The largest absolute Gasteiger partial charge is 0.289 e. The van der Waals surface area contributed by atoms with Gasteiger partial charge in [-0.05, 0) is 53.9 Å². The molecule has 4 heterocycles. The Bertz CT molecular complexity index is 1480. The summed E-state index contributed by atoms with van der Waals surface area (Å²) in [5, 5.41) is 4.31. The third-order valence-corrected chi connectivity index (χ3v) is 5.20. The number of rotatable bonds is 0. The molecule has 6 heteroatoms. The highest BCUT2D eigenvalue weighted by atomic mass is 16.1. The van der Waals surface area contributed by atoms with E-state index in [4.69, 9.17) is 0 Å². The normalized spacial score (nSPS) is 10.8. The van der Waals surface area contributed by atoms with Crippen molar-refractivity contribution in [3.63, 3.8) is 0 Å². The van der Waals surface area contributed by atoms with Crippen molar-refractivity contribution in [1.82, 2.24) is 19.9 Å². The van der Waals surface area contributed by atoms with Gasteiger partial charge >= 0.3 is 0 Å². The first-order valence-corrected chi connectivity index (χ1v) is 9.96. The second-order valence-corrected chi connectivity index (χ2v) is 7.12. The summed E-state index contributed by atoms with van der Waals surface area (Å²) in [6.45, 7) is 0. The minimum absolute atomic E-state index is 0.00509. The van der Waals surface area contributed by atoms with Crippen molar-refractivity contribution in [2.45, 2.75) is 0 Å². The van der Waals surface area contributed by atoms with Crippen molar-refractivity contribution in [3.8, 4) is 0 Å². The SMILES string of the molecule is O=c1c2ccncc2ccc2ncccc12.O=c1c2cnccc2ccc2ncccc12. The van der Waals surface area contributed by atoms with Crippen LogP contribution in [0.25, 0.3) is 43.4 Å². The predicted octanol–water partition coefficient (Wildman–Crippen LogP) is 4.29.